The number of ether oxygens (including phenoxy) is 2. The molecule has 4 heterocycles. The lowest BCUT2D eigenvalue weighted by Gasteiger charge is -2.53. The first-order valence-corrected chi connectivity index (χ1v) is 9.29. The molecule has 0 radical (unpaired) electrons. The van der Waals surface area contributed by atoms with Crippen molar-refractivity contribution >= 4 is 11.3 Å². The van der Waals surface area contributed by atoms with Crippen LogP contribution in [0.5, 0.6) is 0 Å². The molecule has 4 rings (SSSR count). The van der Waals surface area contributed by atoms with Crippen LogP contribution in [0.25, 0.3) is 0 Å². The van der Waals surface area contributed by atoms with Crippen molar-refractivity contribution in [2.45, 2.75) is 51.5 Å². The van der Waals surface area contributed by atoms with Gasteiger partial charge in [-0.1, -0.05) is 5.16 Å². The van der Waals surface area contributed by atoms with E-state index in [9.17, 15) is 0 Å². The van der Waals surface area contributed by atoms with Crippen molar-refractivity contribution in [3.8, 4) is 0 Å². The summed E-state index contributed by atoms with van der Waals surface area (Å²) in [6.45, 7) is 8.03. The number of nitrogens with zero attached hydrogens (tertiary/aromatic N) is 3. The van der Waals surface area contributed by atoms with Crippen LogP contribution >= 0.6 is 11.3 Å². The summed E-state index contributed by atoms with van der Waals surface area (Å²) >= 11 is 1.67. The van der Waals surface area contributed by atoms with Gasteiger partial charge in [-0.05, 0) is 20.3 Å². The first kappa shape index (κ1) is 16.2. The second-order valence-electron chi connectivity index (χ2n) is 6.89. The Morgan fingerprint density at radius 1 is 1.38 bits per heavy atom. The highest BCUT2D eigenvalue weighted by Gasteiger charge is 2.47. The molecule has 0 unspecified atom stereocenters. The number of rotatable bonds is 5. The lowest BCUT2D eigenvalue weighted by atomic mass is 9.84. The number of likely N-dealkylation sites (tertiary alicyclic amines) is 1. The molecule has 0 N–H and O–H groups in total. The molecule has 0 amide bonds. The molecule has 24 heavy (non-hydrogen) atoms. The van der Waals surface area contributed by atoms with Crippen LogP contribution in [-0.4, -0.2) is 46.4 Å². The van der Waals surface area contributed by atoms with Crippen LogP contribution in [0.4, 0.5) is 0 Å². The minimum Gasteiger partial charge on any atom is -0.372 e. The van der Waals surface area contributed by atoms with Crippen molar-refractivity contribution in [2.24, 2.45) is 0 Å². The summed E-state index contributed by atoms with van der Waals surface area (Å²) in [4.78, 5) is 6.82. The van der Waals surface area contributed by atoms with E-state index in [1.807, 2.05) is 19.9 Å². The standard InChI is InChI=1S/C17H23N3O3S/c1-12-5-14(19-23-12)7-20-10-17(11-20)6-16(3-4-22-17)21-8-15-9-24-13(2)18-15/h5,9,16H,3-4,6-8,10-11H2,1-2H3/t16-/m1/s1. The molecule has 2 aromatic rings. The Bertz CT molecular complexity index is 693. The molecule has 2 aromatic heterocycles. The number of thiazole rings is 1. The van der Waals surface area contributed by atoms with E-state index < -0.39 is 0 Å². The molecule has 2 aliphatic heterocycles. The predicted molar refractivity (Wildman–Crippen MR) is 89.9 cm³/mol. The molecule has 7 heteroatoms. The molecule has 2 fully saturated rings. The Balaban J connectivity index is 1.26. The molecule has 1 spiro atoms. The lowest BCUT2D eigenvalue weighted by Crippen LogP contribution is -2.65. The Hall–Kier alpha value is -1.28. The summed E-state index contributed by atoms with van der Waals surface area (Å²) in [6.07, 6.45) is 2.19. The van der Waals surface area contributed by atoms with Crippen LogP contribution in [0.2, 0.25) is 0 Å². The molecule has 1 atom stereocenters. The number of aromatic nitrogens is 2. The van der Waals surface area contributed by atoms with Gasteiger partial charge < -0.3 is 14.0 Å². The predicted octanol–water partition coefficient (Wildman–Crippen LogP) is 2.70. The quantitative estimate of drug-likeness (QED) is 0.827. The van der Waals surface area contributed by atoms with Crippen molar-refractivity contribution in [3.63, 3.8) is 0 Å². The summed E-state index contributed by atoms with van der Waals surface area (Å²) in [5.74, 6) is 0.861. The van der Waals surface area contributed by atoms with E-state index in [0.29, 0.717) is 6.61 Å². The Kier molecular flexibility index (Phi) is 4.42. The highest BCUT2D eigenvalue weighted by Crippen LogP contribution is 2.36. The molecular formula is C17H23N3O3S. The maximum Gasteiger partial charge on any atom is 0.133 e. The van der Waals surface area contributed by atoms with Crippen LogP contribution < -0.4 is 0 Å². The summed E-state index contributed by atoms with van der Waals surface area (Å²) in [6, 6.07) is 1.99. The van der Waals surface area contributed by atoms with Crippen LogP contribution in [0, 0.1) is 13.8 Å². The molecule has 6 nitrogen and oxygen atoms in total. The highest BCUT2D eigenvalue weighted by atomic mass is 32.1. The Labute approximate surface area is 145 Å². The highest BCUT2D eigenvalue weighted by molar-refractivity contribution is 7.09. The van der Waals surface area contributed by atoms with Gasteiger partial charge in [0, 0.05) is 44.1 Å². The summed E-state index contributed by atoms with van der Waals surface area (Å²) < 4.78 is 17.3. The molecule has 0 saturated carbocycles. The van der Waals surface area contributed by atoms with Gasteiger partial charge in [-0.3, -0.25) is 4.90 Å². The van der Waals surface area contributed by atoms with E-state index >= 15 is 0 Å². The average Bonchev–Trinajstić information content (AvgIpc) is 3.13. The lowest BCUT2D eigenvalue weighted by molar-refractivity contribution is -0.200. The summed E-state index contributed by atoms with van der Waals surface area (Å²) in [5, 5.41) is 7.23. The summed E-state index contributed by atoms with van der Waals surface area (Å²) in [7, 11) is 0. The van der Waals surface area contributed by atoms with Crippen LogP contribution in [0.1, 0.15) is 35.0 Å². The largest absolute Gasteiger partial charge is 0.372 e. The van der Waals surface area contributed by atoms with Gasteiger partial charge >= 0.3 is 0 Å². The zero-order chi connectivity index (χ0) is 16.6. The van der Waals surface area contributed by atoms with E-state index in [-0.39, 0.29) is 11.7 Å². The SMILES string of the molecule is Cc1cc(CN2CC3(C[C@H](OCc4csc(C)n4)CCO3)C2)no1. The normalized spacial score (nSPS) is 23.5. The molecule has 0 bridgehead atoms. The minimum atomic E-state index is -0.0420. The van der Waals surface area contributed by atoms with Crippen LogP contribution in [0.3, 0.4) is 0 Å². The van der Waals surface area contributed by atoms with Crippen molar-refractivity contribution in [3.05, 3.63) is 33.6 Å². The molecule has 130 valence electrons. The minimum absolute atomic E-state index is 0.0420. The van der Waals surface area contributed by atoms with E-state index in [0.717, 1.165) is 61.2 Å². The average molecular weight is 349 g/mol. The fraction of sp³-hybridized carbons (Fsp3) is 0.647. The third-order valence-corrected chi connectivity index (χ3v) is 5.49. The molecule has 2 saturated heterocycles. The van der Waals surface area contributed by atoms with Gasteiger partial charge in [-0.25, -0.2) is 4.98 Å². The zero-order valence-electron chi connectivity index (χ0n) is 14.2. The van der Waals surface area contributed by atoms with Crippen molar-refractivity contribution < 1.29 is 14.0 Å². The van der Waals surface area contributed by atoms with Gasteiger partial charge in [0.15, 0.2) is 0 Å². The first-order valence-electron chi connectivity index (χ1n) is 8.41. The van der Waals surface area contributed by atoms with Crippen LogP contribution in [-0.2, 0) is 22.6 Å². The number of aryl methyl sites for hydroxylation is 2. The Morgan fingerprint density at radius 2 is 2.25 bits per heavy atom. The fourth-order valence-corrected chi connectivity index (χ4v) is 4.22. The molecule has 0 aromatic carbocycles. The number of hydrogen-bond acceptors (Lipinski definition) is 7. The van der Waals surface area contributed by atoms with E-state index in [1.165, 1.54) is 0 Å². The van der Waals surface area contributed by atoms with Crippen molar-refractivity contribution in [1.82, 2.24) is 15.0 Å². The van der Waals surface area contributed by atoms with E-state index in [2.05, 4.69) is 20.4 Å². The zero-order valence-corrected chi connectivity index (χ0v) is 15.0. The topological polar surface area (TPSA) is 60.6 Å². The maximum atomic E-state index is 6.09. The second kappa shape index (κ2) is 6.55. The third-order valence-electron chi connectivity index (χ3n) is 4.67. The van der Waals surface area contributed by atoms with Gasteiger partial charge in [-0.2, -0.15) is 0 Å². The fourth-order valence-electron chi connectivity index (χ4n) is 3.63. The van der Waals surface area contributed by atoms with Gasteiger partial charge in [0.25, 0.3) is 0 Å². The smallest absolute Gasteiger partial charge is 0.133 e. The Morgan fingerprint density at radius 3 is 2.96 bits per heavy atom. The first-order chi connectivity index (χ1) is 11.6. The molecular weight excluding hydrogens is 326 g/mol. The number of hydrogen-bond donors (Lipinski definition) is 0. The van der Waals surface area contributed by atoms with Gasteiger partial charge in [0.05, 0.1) is 34.7 Å². The van der Waals surface area contributed by atoms with Crippen molar-refractivity contribution in [1.29, 1.82) is 0 Å². The summed E-state index contributed by atoms with van der Waals surface area (Å²) in [5.41, 5.74) is 1.99. The van der Waals surface area contributed by atoms with Gasteiger partial charge in [0.1, 0.15) is 5.76 Å². The molecule has 0 aliphatic carbocycles. The van der Waals surface area contributed by atoms with Crippen molar-refractivity contribution in [2.75, 3.05) is 19.7 Å². The van der Waals surface area contributed by atoms with Gasteiger partial charge in [0.2, 0.25) is 0 Å². The maximum absolute atomic E-state index is 6.09. The monoisotopic (exact) mass is 349 g/mol. The molecule has 2 aliphatic rings. The van der Waals surface area contributed by atoms with E-state index in [4.69, 9.17) is 14.0 Å². The second-order valence-corrected chi connectivity index (χ2v) is 7.95. The van der Waals surface area contributed by atoms with Gasteiger partial charge in [-0.15, -0.1) is 11.3 Å². The van der Waals surface area contributed by atoms with Crippen LogP contribution in [0.15, 0.2) is 16.0 Å². The van der Waals surface area contributed by atoms with E-state index in [1.54, 1.807) is 11.3 Å². The third kappa shape index (κ3) is 3.54.